The number of aromatic amines is 1. The molecule has 1 N–H and O–H groups in total. The van der Waals surface area contributed by atoms with Crippen molar-refractivity contribution in [1.29, 1.82) is 0 Å². The van der Waals surface area contributed by atoms with Crippen LogP contribution in [0.4, 0.5) is 5.82 Å². The number of H-pyrrole nitrogens is 1. The fourth-order valence-electron chi connectivity index (χ4n) is 4.29. The van der Waals surface area contributed by atoms with Gasteiger partial charge in [0.25, 0.3) is 0 Å². The molecule has 144 valence electrons. The van der Waals surface area contributed by atoms with E-state index in [4.69, 9.17) is 0 Å². The van der Waals surface area contributed by atoms with E-state index in [0.29, 0.717) is 11.3 Å². The maximum Gasteiger partial charge on any atom is 0.239 e. The van der Waals surface area contributed by atoms with Gasteiger partial charge in [0.2, 0.25) is 5.91 Å². The van der Waals surface area contributed by atoms with E-state index in [9.17, 15) is 4.79 Å². The highest BCUT2D eigenvalue weighted by Crippen LogP contribution is 2.47. The Morgan fingerprint density at radius 1 is 1.08 bits per heavy atom. The van der Waals surface area contributed by atoms with Gasteiger partial charge in [0.1, 0.15) is 0 Å². The van der Waals surface area contributed by atoms with Gasteiger partial charge in [-0.25, -0.2) is 0 Å². The van der Waals surface area contributed by atoms with E-state index in [1.165, 1.54) is 31.4 Å². The topological polar surface area (TPSA) is 55.5 Å². The summed E-state index contributed by atoms with van der Waals surface area (Å²) < 4.78 is 0. The first kappa shape index (κ1) is 17.8. The molecule has 1 aromatic rings. The Kier molecular flexibility index (Phi) is 4.95. The number of amides is 1. The van der Waals surface area contributed by atoms with Gasteiger partial charge >= 0.3 is 0 Å². The van der Waals surface area contributed by atoms with Gasteiger partial charge in [0.05, 0.1) is 6.04 Å². The van der Waals surface area contributed by atoms with Crippen molar-refractivity contribution in [2.24, 2.45) is 0 Å². The molecule has 1 atom stereocenters. The summed E-state index contributed by atoms with van der Waals surface area (Å²) in [5.74, 6) is 1.39. The van der Waals surface area contributed by atoms with E-state index in [-0.39, 0.29) is 6.04 Å². The van der Waals surface area contributed by atoms with Crippen LogP contribution in [0, 0.1) is 0 Å². The van der Waals surface area contributed by atoms with Gasteiger partial charge < -0.3 is 9.80 Å². The van der Waals surface area contributed by atoms with Crippen molar-refractivity contribution in [2.45, 2.75) is 63.8 Å². The van der Waals surface area contributed by atoms with Crippen molar-refractivity contribution in [1.82, 2.24) is 20.0 Å². The molecule has 0 aromatic carbocycles. The molecule has 1 aromatic heterocycles. The highest BCUT2D eigenvalue weighted by atomic mass is 16.2. The van der Waals surface area contributed by atoms with Crippen molar-refractivity contribution in [3.63, 3.8) is 0 Å². The van der Waals surface area contributed by atoms with Crippen molar-refractivity contribution < 1.29 is 4.79 Å². The van der Waals surface area contributed by atoms with Crippen LogP contribution in [0.25, 0.3) is 0 Å². The lowest BCUT2D eigenvalue weighted by Crippen LogP contribution is -2.54. The number of carbonyl (C=O) groups excluding carboxylic acids is 1. The molecule has 0 bridgehead atoms. The molecule has 0 radical (unpaired) electrons. The third-order valence-electron chi connectivity index (χ3n) is 6.68. The normalized spacial score (nSPS) is 25.0. The minimum Gasteiger partial charge on any atom is -0.353 e. The molecule has 3 fully saturated rings. The molecule has 2 saturated heterocycles. The molecule has 0 unspecified atom stereocenters. The van der Waals surface area contributed by atoms with Crippen molar-refractivity contribution >= 4 is 11.7 Å². The fraction of sp³-hybridized carbons (Fsp3) is 0.800. The van der Waals surface area contributed by atoms with Crippen molar-refractivity contribution in [2.75, 3.05) is 44.2 Å². The zero-order valence-electron chi connectivity index (χ0n) is 16.3. The summed E-state index contributed by atoms with van der Waals surface area (Å²) in [7, 11) is 0. The number of anilines is 1. The van der Waals surface area contributed by atoms with Gasteiger partial charge in [0.15, 0.2) is 5.82 Å². The Hall–Kier alpha value is -1.56. The van der Waals surface area contributed by atoms with E-state index < -0.39 is 0 Å². The zero-order valence-corrected chi connectivity index (χ0v) is 16.3. The standard InChI is InChI=1S/C20H33N5O/c1-16(19(26)25-9-5-3-4-6-10-25)23-11-13-24(14-12-23)18-15-17(21-22-18)20(2)7-8-20/h15-16H,3-14H2,1-2H3,(H,21,22)/t16-/m0/s1. The second kappa shape index (κ2) is 7.22. The van der Waals surface area contributed by atoms with Crippen molar-refractivity contribution in [3.05, 3.63) is 11.8 Å². The second-order valence-electron chi connectivity index (χ2n) is 8.64. The first-order valence-electron chi connectivity index (χ1n) is 10.4. The van der Waals surface area contributed by atoms with Crippen LogP contribution in [-0.2, 0) is 10.2 Å². The molecule has 3 heterocycles. The first-order valence-corrected chi connectivity index (χ1v) is 10.4. The lowest BCUT2D eigenvalue weighted by Gasteiger charge is -2.39. The van der Waals surface area contributed by atoms with Crippen LogP contribution in [-0.4, -0.2) is 71.2 Å². The van der Waals surface area contributed by atoms with Crippen molar-refractivity contribution in [3.8, 4) is 0 Å². The summed E-state index contributed by atoms with van der Waals surface area (Å²) in [6.45, 7) is 10.0. The maximum absolute atomic E-state index is 12.9. The maximum atomic E-state index is 12.9. The number of rotatable bonds is 4. The van der Waals surface area contributed by atoms with Gasteiger partial charge in [-0.3, -0.25) is 14.8 Å². The number of carbonyl (C=O) groups is 1. The van der Waals surface area contributed by atoms with Crippen LogP contribution < -0.4 is 4.90 Å². The summed E-state index contributed by atoms with van der Waals surface area (Å²) in [4.78, 5) is 19.7. The summed E-state index contributed by atoms with van der Waals surface area (Å²) in [5.41, 5.74) is 1.61. The quantitative estimate of drug-likeness (QED) is 0.897. The number of aromatic nitrogens is 2. The molecule has 3 aliphatic rings. The molecule has 6 heteroatoms. The molecule has 6 nitrogen and oxygen atoms in total. The highest BCUT2D eigenvalue weighted by Gasteiger charge is 2.41. The molecule has 0 spiro atoms. The largest absolute Gasteiger partial charge is 0.353 e. The summed E-state index contributed by atoms with van der Waals surface area (Å²) >= 11 is 0. The summed E-state index contributed by atoms with van der Waals surface area (Å²) in [5, 5.41) is 7.78. The lowest BCUT2D eigenvalue weighted by molar-refractivity contribution is -0.136. The predicted octanol–water partition coefficient (Wildman–Crippen LogP) is 2.37. The third kappa shape index (κ3) is 3.61. The minimum absolute atomic E-state index is 0.00429. The Morgan fingerprint density at radius 2 is 1.73 bits per heavy atom. The van der Waals surface area contributed by atoms with Gasteiger partial charge in [-0.15, -0.1) is 0 Å². The molecule has 2 aliphatic heterocycles. The number of nitrogens with one attached hydrogen (secondary N) is 1. The first-order chi connectivity index (χ1) is 12.6. The predicted molar refractivity (Wildman–Crippen MR) is 103 cm³/mol. The average molecular weight is 360 g/mol. The number of likely N-dealkylation sites (tertiary alicyclic amines) is 1. The van der Waals surface area contributed by atoms with Crippen LogP contribution in [0.5, 0.6) is 0 Å². The monoisotopic (exact) mass is 359 g/mol. The third-order valence-corrected chi connectivity index (χ3v) is 6.68. The van der Waals surface area contributed by atoms with Crippen LogP contribution in [0.3, 0.4) is 0 Å². The molecule has 1 aliphatic carbocycles. The Bertz CT molecular complexity index is 622. The SMILES string of the molecule is C[C@@H](C(=O)N1CCCCCC1)N1CCN(c2cc(C3(C)CC3)[nH]n2)CC1. The van der Waals surface area contributed by atoms with Crippen LogP contribution in [0.2, 0.25) is 0 Å². The smallest absolute Gasteiger partial charge is 0.239 e. The minimum atomic E-state index is -0.00429. The number of nitrogens with zero attached hydrogens (tertiary/aromatic N) is 4. The summed E-state index contributed by atoms with van der Waals surface area (Å²) in [6, 6.07) is 2.23. The van der Waals surface area contributed by atoms with E-state index in [1.54, 1.807) is 0 Å². The van der Waals surface area contributed by atoms with Gasteiger partial charge in [-0.2, -0.15) is 5.10 Å². The second-order valence-corrected chi connectivity index (χ2v) is 8.64. The number of piperazine rings is 1. The Labute approximate surface area is 156 Å². The molecule has 26 heavy (non-hydrogen) atoms. The Balaban J connectivity index is 1.31. The van der Waals surface area contributed by atoms with Gasteiger partial charge in [0, 0.05) is 56.4 Å². The van der Waals surface area contributed by atoms with E-state index in [1.807, 2.05) is 0 Å². The van der Waals surface area contributed by atoms with E-state index in [0.717, 1.165) is 57.9 Å². The van der Waals surface area contributed by atoms with Crippen LogP contribution in [0.15, 0.2) is 6.07 Å². The molecule has 1 saturated carbocycles. The molecular formula is C20H33N5O. The van der Waals surface area contributed by atoms with Gasteiger partial charge in [-0.1, -0.05) is 19.8 Å². The van der Waals surface area contributed by atoms with E-state index >= 15 is 0 Å². The Morgan fingerprint density at radius 3 is 2.35 bits per heavy atom. The number of hydrogen-bond donors (Lipinski definition) is 1. The lowest BCUT2D eigenvalue weighted by atomic mass is 10.1. The summed E-state index contributed by atoms with van der Waals surface area (Å²) in [6.07, 6.45) is 7.37. The van der Waals surface area contributed by atoms with Crippen LogP contribution >= 0.6 is 0 Å². The fourth-order valence-corrected chi connectivity index (χ4v) is 4.29. The number of hydrogen-bond acceptors (Lipinski definition) is 4. The van der Waals surface area contributed by atoms with Crippen LogP contribution in [0.1, 0.15) is 58.1 Å². The highest BCUT2D eigenvalue weighted by molar-refractivity contribution is 5.81. The average Bonchev–Trinajstić information content (AvgIpc) is 3.32. The molecule has 4 rings (SSSR count). The van der Waals surface area contributed by atoms with E-state index in [2.05, 4.69) is 44.8 Å². The molecular weight excluding hydrogens is 326 g/mol. The molecule has 1 amide bonds. The van der Waals surface area contributed by atoms with Gasteiger partial charge in [-0.05, 0) is 32.6 Å². The zero-order chi connectivity index (χ0) is 18.1.